The van der Waals surface area contributed by atoms with Crippen molar-refractivity contribution in [2.24, 2.45) is 22.7 Å². The van der Waals surface area contributed by atoms with Gasteiger partial charge in [-0.05, 0) is 92.2 Å². The Morgan fingerprint density at radius 2 is 1.90 bits per heavy atom. The lowest BCUT2D eigenvalue weighted by Gasteiger charge is -2.61. The highest BCUT2D eigenvalue weighted by atomic mass is 16.5. The molecule has 31 heavy (non-hydrogen) atoms. The average molecular weight is 427 g/mol. The maximum absolute atomic E-state index is 12.2. The Bertz CT molecular complexity index is 958. The Morgan fingerprint density at radius 1 is 1.10 bits per heavy atom. The number of fused-ring (bicyclic) bond motifs is 5. The standard InChI is InChI=1S/C26H34O5/c1-16(27)31-19-8-11-24(2)18(14-19)5-6-22-21(24)9-12-25(3)20(10-13-26(22,25)29)17-4-7-23(28)30-15-17/h4,7,14-15,19-22,29H,5-6,8-13H2,1-3H3/t19-,20+,21-,22+,24-,25+,26-/m0/s1. The van der Waals surface area contributed by atoms with E-state index < -0.39 is 5.60 Å². The van der Waals surface area contributed by atoms with Crippen LogP contribution in [0.15, 0.2) is 39.3 Å². The number of rotatable bonds is 2. The van der Waals surface area contributed by atoms with Crippen LogP contribution >= 0.6 is 0 Å². The third-order valence-electron chi connectivity index (χ3n) is 9.70. The van der Waals surface area contributed by atoms with Crippen LogP contribution < -0.4 is 5.63 Å². The van der Waals surface area contributed by atoms with Crippen LogP contribution in [0.1, 0.15) is 83.6 Å². The van der Waals surface area contributed by atoms with Gasteiger partial charge in [0, 0.05) is 18.4 Å². The predicted molar refractivity (Wildman–Crippen MR) is 116 cm³/mol. The Kier molecular flexibility index (Phi) is 4.78. The molecule has 1 N–H and O–H groups in total. The normalized spacial score (nSPS) is 43.9. The topological polar surface area (TPSA) is 76.7 Å². The average Bonchev–Trinajstić information content (AvgIpc) is 3.00. The van der Waals surface area contributed by atoms with Gasteiger partial charge in [-0.1, -0.05) is 19.4 Å². The number of allylic oxidation sites excluding steroid dienone is 1. The van der Waals surface area contributed by atoms with Crippen LogP contribution in [-0.2, 0) is 9.53 Å². The smallest absolute Gasteiger partial charge is 0.335 e. The molecule has 0 spiro atoms. The summed E-state index contributed by atoms with van der Waals surface area (Å²) in [7, 11) is 0. The summed E-state index contributed by atoms with van der Waals surface area (Å²) >= 11 is 0. The summed E-state index contributed by atoms with van der Waals surface area (Å²) in [6.07, 6.45) is 11.4. The minimum atomic E-state index is -0.696. The fourth-order valence-electron chi connectivity index (χ4n) is 8.07. The third kappa shape index (κ3) is 2.99. The monoisotopic (exact) mass is 426 g/mol. The summed E-state index contributed by atoms with van der Waals surface area (Å²) in [5, 5.41) is 12.2. The molecule has 3 saturated carbocycles. The first-order chi connectivity index (χ1) is 14.7. The van der Waals surface area contributed by atoms with Gasteiger partial charge in [-0.15, -0.1) is 0 Å². The second-order valence-corrected chi connectivity index (χ2v) is 10.9. The Balaban J connectivity index is 1.45. The molecular formula is C26H34O5. The molecule has 0 aromatic carbocycles. The lowest BCUT2D eigenvalue weighted by Crippen LogP contribution is -2.60. The van der Waals surface area contributed by atoms with Gasteiger partial charge in [0.1, 0.15) is 6.10 Å². The largest absolute Gasteiger partial charge is 0.458 e. The van der Waals surface area contributed by atoms with E-state index in [1.54, 1.807) is 6.26 Å². The van der Waals surface area contributed by atoms with E-state index in [9.17, 15) is 14.7 Å². The molecule has 0 saturated heterocycles. The van der Waals surface area contributed by atoms with Crippen molar-refractivity contribution in [1.29, 1.82) is 0 Å². The van der Waals surface area contributed by atoms with Gasteiger partial charge in [-0.3, -0.25) is 4.79 Å². The molecule has 0 radical (unpaired) electrons. The number of hydrogen-bond acceptors (Lipinski definition) is 5. The molecule has 0 amide bonds. The molecule has 0 bridgehead atoms. The highest BCUT2D eigenvalue weighted by molar-refractivity contribution is 5.66. The summed E-state index contributed by atoms with van der Waals surface area (Å²) in [6, 6.07) is 3.39. The zero-order chi connectivity index (χ0) is 22.0. The lowest BCUT2D eigenvalue weighted by molar-refractivity contribution is -0.178. The van der Waals surface area contributed by atoms with Gasteiger partial charge >= 0.3 is 11.6 Å². The molecule has 7 atom stereocenters. The maximum Gasteiger partial charge on any atom is 0.335 e. The van der Waals surface area contributed by atoms with Gasteiger partial charge < -0.3 is 14.3 Å². The van der Waals surface area contributed by atoms with Crippen molar-refractivity contribution in [1.82, 2.24) is 0 Å². The third-order valence-corrected chi connectivity index (χ3v) is 9.70. The predicted octanol–water partition coefficient (Wildman–Crippen LogP) is 4.73. The van der Waals surface area contributed by atoms with Crippen LogP contribution in [0.2, 0.25) is 0 Å². The van der Waals surface area contributed by atoms with Gasteiger partial charge in [0.2, 0.25) is 0 Å². The Labute approximate surface area is 183 Å². The molecule has 5 nitrogen and oxygen atoms in total. The molecule has 1 aromatic heterocycles. The van der Waals surface area contributed by atoms with Gasteiger partial charge in [0.15, 0.2) is 0 Å². The fraction of sp³-hybridized carbons (Fsp3) is 0.692. The van der Waals surface area contributed by atoms with Crippen molar-refractivity contribution in [3.63, 3.8) is 0 Å². The summed E-state index contributed by atoms with van der Waals surface area (Å²) in [5.41, 5.74) is 1.32. The molecule has 0 unspecified atom stereocenters. The van der Waals surface area contributed by atoms with Crippen LogP contribution in [0, 0.1) is 22.7 Å². The van der Waals surface area contributed by atoms with E-state index in [4.69, 9.17) is 9.15 Å². The van der Waals surface area contributed by atoms with Crippen LogP contribution in [0.25, 0.3) is 0 Å². The van der Waals surface area contributed by atoms with Crippen molar-refractivity contribution >= 4 is 5.97 Å². The second-order valence-electron chi connectivity index (χ2n) is 10.9. The molecule has 3 fully saturated rings. The molecule has 5 heteroatoms. The summed E-state index contributed by atoms with van der Waals surface area (Å²) < 4.78 is 10.7. The van der Waals surface area contributed by atoms with Crippen LogP contribution in [0.3, 0.4) is 0 Å². The molecule has 1 heterocycles. The van der Waals surface area contributed by atoms with E-state index in [-0.39, 0.29) is 40.4 Å². The zero-order valence-electron chi connectivity index (χ0n) is 18.9. The molecular weight excluding hydrogens is 392 g/mol. The van der Waals surface area contributed by atoms with E-state index in [1.165, 1.54) is 18.6 Å². The molecule has 4 aliphatic rings. The van der Waals surface area contributed by atoms with Crippen molar-refractivity contribution in [3.05, 3.63) is 46.0 Å². The molecule has 1 aromatic rings. The first-order valence-corrected chi connectivity index (χ1v) is 11.9. The van der Waals surface area contributed by atoms with E-state index in [2.05, 4.69) is 19.9 Å². The molecule has 0 aliphatic heterocycles. The fourth-order valence-corrected chi connectivity index (χ4v) is 8.07. The molecule has 4 aliphatic carbocycles. The SMILES string of the molecule is CC(=O)O[C@@H]1C=C2CC[C@@H]3[C@H](CC[C@]4(C)[C@@H](c5ccc(=O)oc5)CC[C@]34O)[C@@]2(C)CC1. The molecule has 5 rings (SSSR count). The Hall–Kier alpha value is -1.88. The maximum atomic E-state index is 12.2. The Morgan fingerprint density at radius 3 is 2.61 bits per heavy atom. The van der Waals surface area contributed by atoms with Gasteiger partial charge in [-0.2, -0.15) is 0 Å². The minimum absolute atomic E-state index is 0.0776. The number of esters is 1. The highest BCUT2D eigenvalue weighted by Gasteiger charge is 2.66. The highest BCUT2D eigenvalue weighted by Crippen LogP contribution is 2.70. The van der Waals surface area contributed by atoms with Crippen LogP contribution in [-0.4, -0.2) is 22.8 Å². The first-order valence-electron chi connectivity index (χ1n) is 11.9. The van der Waals surface area contributed by atoms with Crippen LogP contribution in [0.4, 0.5) is 0 Å². The second kappa shape index (κ2) is 7.06. The zero-order valence-corrected chi connectivity index (χ0v) is 18.9. The first kappa shape index (κ1) is 21.0. The van der Waals surface area contributed by atoms with E-state index in [0.717, 1.165) is 56.9 Å². The number of carbonyl (C=O) groups is 1. The quantitative estimate of drug-likeness (QED) is 0.546. The summed E-state index contributed by atoms with van der Waals surface area (Å²) in [5.74, 6) is 0.735. The van der Waals surface area contributed by atoms with Gasteiger partial charge in [-0.25, -0.2) is 4.79 Å². The van der Waals surface area contributed by atoms with E-state index in [1.807, 2.05) is 6.07 Å². The number of carbonyl (C=O) groups excluding carboxylic acids is 1. The van der Waals surface area contributed by atoms with Crippen molar-refractivity contribution < 1.29 is 19.1 Å². The van der Waals surface area contributed by atoms with E-state index in [0.29, 0.717) is 5.92 Å². The molecule has 168 valence electrons. The van der Waals surface area contributed by atoms with Gasteiger partial charge in [0.05, 0.1) is 11.9 Å². The van der Waals surface area contributed by atoms with Crippen molar-refractivity contribution in [3.8, 4) is 0 Å². The number of aliphatic hydroxyl groups is 1. The number of hydrogen-bond donors (Lipinski definition) is 1. The lowest BCUT2D eigenvalue weighted by atomic mass is 9.45. The van der Waals surface area contributed by atoms with Crippen LogP contribution in [0.5, 0.6) is 0 Å². The van der Waals surface area contributed by atoms with E-state index >= 15 is 0 Å². The summed E-state index contributed by atoms with van der Waals surface area (Å²) in [6.45, 7) is 6.12. The van der Waals surface area contributed by atoms with Gasteiger partial charge in [0.25, 0.3) is 0 Å². The van der Waals surface area contributed by atoms with Crippen molar-refractivity contribution in [2.45, 2.75) is 89.8 Å². The summed E-state index contributed by atoms with van der Waals surface area (Å²) in [4.78, 5) is 22.9. The number of ether oxygens (including phenoxy) is 1. The minimum Gasteiger partial charge on any atom is -0.458 e. The van der Waals surface area contributed by atoms with Crippen molar-refractivity contribution in [2.75, 3.05) is 0 Å².